The summed E-state index contributed by atoms with van der Waals surface area (Å²) in [7, 11) is 0. The van der Waals surface area contributed by atoms with Gasteiger partial charge in [-0.1, -0.05) is 25.8 Å². The van der Waals surface area contributed by atoms with Crippen LogP contribution in [0.2, 0.25) is 0 Å². The van der Waals surface area contributed by atoms with Crippen LogP contribution in [-0.2, 0) is 0 Å². The van der Waals surface area contributed by atoms with Crippen LogP contribution >= 0.6 is 0 Å². The third kappa shape index (κ3) is 3.09. The van der Waals surface area contributed by atoms with Gasteiger partial charge in [0.1, 0.15) is 5.75 Å². The Morgan fingerprint density at radius 3 is 2.63 bits per heavy atom. The van der Waals surface area contributed by atoms with Crippen LogP contribution in [-0.4, -0.2) is 17.6 Å². The van der Waals surface area contributed by atoms with E-state index in [0.29, 0.717) is 5.56 Å². The Labute approximate surface area is 115 Å². The number of rotatable bonds is 4. The minimum atomic E-state index is -0.169. The largest absolute Gasteiger partial charge is 0.507 e. The van der Waals surface area contributed by atoms with Crippen molar-refractivity contribution in [1.82, 2.24) is 5.32 Å². The highest BCUT2D eigenvalue weighted by atomic mass is 16.3. The Balaban J connectivity index is 2.01. The molecule has 19 heavy (non-hydrogen) atoms. The van der Waals surface area contributed by atoms with Crippen molar-refractivity contribution in [1.29, 1.82) is 0 Å². The van der Waals surface area contributed by atoms with Crippen LogP contribution in [0.25, 0.3) is 0 Å². The SMILES string of the molecule is CCC1(CNC(=O)c2ccc(C)cc2O)CCCC1. The first-order valence-corrected chi connectivity index (χ1v) is 7.14. The zero-order valence-corrected chi connectivity index (χ0v) is 11.8. The van der Waals surface area contributed by atoms with Gasteiger partial charge in [-0.05, 0) is 49.3 Å². The van der Waals surface area contributed by atoms with Gasteiger partial charge < -0.3 is 10.4 Å². The highest BCUT2D eigenvalue weighted by molar-refractivity contribution is 5.96. The van der Waals surface area contributed by atoms with Gasteiger partial charge in [0.2, 0.25) is 0 Å². The van der Waals surface area contributed by atoms with Crippen molar-refractivity contribution in [2.75, 3.05) is 6.54 Å². The summed E-state index contributed by atoms with van der Waals surface area (Å²) in [6.07, 6.45) is 6.03. The maximum atomic E-state index is 12.1. The average Bonchev–Trinajstić information content (AvgIpc) is 2.85. The number of carbonyl (C=O) groups is 1. The fraction of sp³-hybridized carbons (Fsp3) is 0.562. The van der Waals surface area contributed by atoms with Gasteiger partial charge in [-0.25, -0.2) is 0 Å². The summed E-state index contributed by atoms with van der Waals surface area (Å²) in [5.74, 6) is -0.105. The number of aromatic hydroxyl groups is 1. The maximum absolute atomic E-state index is 12.1. The van der Waals surface area contributed by atoms with Crippen LogP contribution in [0.5, 0.6) is 5.75 Å². The molecule has 0 saturated heterocycles. The van der Waals surface area contributed by atoms with Crippen LogP contribution in [0.1, 0.15) is 54.9 Å². The quantitative estimate of drug-likeness (QED) is 0.872. The Morgan fingerprint density at radius 1 is 1.37 bits per heavy atom. The second-order valence-corrected chi connectivity index (χ2v) is 5.76. The standard InChI is InChI=1S/C16H23NO2/c1-3-16(8-4-5-9-16)11-17-15(19)13-7-6-12(2)10-14(13)18/h6-7,10,18H,3-5,8-9,11H2,1-2H3,(H,17,19). The third-order valence-corrected chi connectivity index (χ3v) is 4.44. The molecule has 2 rings (SSSR count). The molecule has 1 aliphatic rings. The Hall–Kier alpha value is -1.51. The second kappa shape index (κ2) is 5.64. The van der Waals surface area contributed by atoms with E-state index in [0.717, 1.165) is 18.5 Å². The lowest BCUT2D eigenvalue weighted by Crippen LogP contribution is -2.35. The number of hydrogen-bond acceptors (Lipinski definition) is 2. The maximum Gasteiger partial charge on any atom is 0.255 e. The normalized spacial score (nSPS) is 17.4. The fourth-order valence-corrected chi connectivity index (χ4v) is 2.98. The molecule has 3 heteroatoms. The highest BCUT2D eigenvalue weighted by Crippen LogP contribution is 2.40. The van der Waals surface area contributed by atoms with Crippen molar-refractivity contribution in [2.45, 2.75) is 46.0 Å². The summed E-state index contributed by atoms with van der Waals surface area (Å²) in [4.78, 5) is 12.1. The first-order chi connectivity index (χ1) is 9.06. The van der Waals surface area contributed by atoms with Crippen LogP contribution in [0, 0.1) is 12.3 Å². The van der Waals surface area contributed by atoms with E-state index in [-0.39, 0.29) is 17.1 Å². The lowest BCUT2D eigenvalue weighted by atomic mass is 9.83. The number of nitrogens with one attached hydrogen (secondary N) is 1. The fourth-order valence-electron chi connectivity index (χ4n) is 2.98. The number of benzene rings is 1. The predicted molar refractivity (Wildman–Crippen MR) is 76.4 cm³/mol. The number of phenols is 1. The first-order valence-electron chi connectivity index (χ1n) is 7.14. The van der Waals surface area contributed by atoms with Gasteiger partial charge in [0.05, 0.1) is 5.56 Å². The molecule has 0 aliphatic heterocycles. The summed E-state index contributed by atoms with van der Waals surface area (Å²) >= 11 is 0. The zero-order valence-electron chi connectivity index (χ0n) is 11.8. The van der Waals surface area contributed by atoms with E-state index in [1.807, 2.05) is 13.0 Å². The minimum absolute atomic E-state index is 0.0643. The summed E-state index contributed by atoms with van der Waals surface area (Å²) in [6.45, 7) is 4.81. The van der Waals surface area contributed by atoms with Gasteiger partial charge in [0.15, 0.2) is 0 Å². The molecule has 0 bridgehead atoms. The summed E-state index contributed by atoms with van der Waals surface area (Å²) in [6, 6.07) is 5.16. The number of amides is 1. The van der Waals surface area contributed by atoms with E-state index in [2.05, 4.69) is 12.2 Å². The van der Waals surface area contributed by atoms with Crippen molar-refractivity contribution in [3.8, 4) is 5.75 Å². The van der Waals surface area contributed by atoms with Crippen LogP contribution < -0.4 is 5.32 Å². The van der Waals surface area contributed by atoms with E-state index in [1.54, 1.807) is 12.1 Å². The van der Waals surface area contributed by atoms with Gasteiger partial charge in [0.25, 0.3) is 5.91 Å². The molecule has 0 aromatic heterocycles. The number of hydrogen-bond donors (Lipinski definition) is 2. The molecule has 1 amide bonds. The molecule has 104 valence electrons. The minimum Gasteiger partial charge on any atom is -0.507 e. The zero-order chi connectivity index (χ0) is 13.9. The number of carbonyl (C=O) groups excluding carboxylic acids is 1. The summed E-state index contributed by atoms with van der Waals surface area (Å²) in [5.41, 5.74) is 1.60. The summed E-state index contributed by atoms with van der Waals surface area (Å²) < 4.78 is 0. The molecule has 2 N–H and O–H groups in total. The molecule has 0 spiro atoms. The van der Waals surface area contributed by atoms with Gasteiger partial charge in [0, 0.05) is 6.54 Å². The Morgan fingerprint density at radius 2 is 2.05 bits per heavy atom. The Kier molecular flexibility index (Phi) is 4.13. The van der Waals surface area contributed by atoms with Gasteiger partial charge in [-0.3, -0.25) is 4.79 Å². The topological polar surface area (TPSA) is 49.3 Å². The smallest absolute Gasteiger partial charge is 0.255 e. The van der Waals surface area contributed by atoms with Crippen LogP contribution in [0.15, 0.2) is 18.2 Å². The van der Waals surface area contributed by atoms with Crippen molar-refractivity contribution in [3.63, 3.8) is 0 Å². The lowest BCUT2D eigenvalue weighted by molar-refractivity contribution is 0.0926. The van der Waals surface area contributed by atoms with Crippen molar-refractivity contribution in [2.24, 2.45) is 5.41 Å². The molecule has 3 nitrogen and oxygen atoms in total. The van der Waals surface area contributed by atoms with Crippen molar-refractivity contribution < 1.29 is 9.90 Å². The van der Waals surface area contributed by atoms with E-state index in [1.165, 1.54) is 25.7 Å². The van der Waals surface area contributed by atoms with Crippen LogP contribution in [0.3, 0.4) is 0 Å². The molecule has 1 aromatic rings. The number of aryl methyl sites for hydroxylation is 1. The average molecular weight is 261 g/mol. The van der Waals surface area contributed by atoms with E-state index in [4.69, 9.17) is 0 Å². The number of phenolic OH excluding ortho intramolecular Hbond substituents is 1. The second-order valence-electron chi connectivity index (χ2n) is 5.76. The van der Waals surface area contributed by atoms with Gasteiger partial charge >= 0.3 is 0 Å². The highest BCUT2D eigenvalue weighted by Gasteiger charge is 2.32. The molecule has 0 unspecified atom stereocenters. The lowest BCUT2D eigenvalue weighted by Gasteiger charge is -2.27. The van der Waals surface area contributed by atoms with E-state index in [9.17, 15) is 9.90 Å². The molecule has 1 aliphatic carbocycles. The molecule has 1 fully saturated rings. The van der Waals surface area contributed by atoms with Crippen molar-refractivity contribution >= 4 is 5.91 Å². The Bertz CT molecular complexity index is 462. The molecule has 0 radical (unpaired) electrons. The predicted octanol–water partition coefficient (Wildman–Crippen LogP) is 3.40. The molecular weight excluding hydrogens is 238 g/mol. The molecular formula is C16H23NO2. The monoisotopic (exact) mass is 261 g/mol. The molecule has 1 saturated carbocycles. The molecule has 0 atom stereocenters. The van der Waals surface area contributed by atoms with Gasteiger partial charge in [-0.15, -0.1) is 0 Å². The molecule has 1 aromatic carbocycles. The molecule has 0 heterocycles. The van der Waals surface area contributed by atoms with Crippen molar-refractivity contribution in [3.05, 3.63) is 29.3 Å². The van der Waals surface area contributed by atoms with E-state index >= 15 is 0 Å². The van der Waals surface area contributed by atoms with E-state index < -0.39 is 0 Å². The third-order valence-electron chi connectivity index (χ3n) is 4.44. The van der Waals surface area contributed by atoms with Crippen LogP contribution in [0.4, 0.5) is 0 Å². The van der Waals surface area contributed by atoms with Gasteiger partial charge in [-0.2, -0.15) is 0 Å². The summed E-state index contributed by atoms with van der Waals surface area (Å²) in [5, 5.41) is 12.8. The first kappa shape index (κ1) is 13.9.